The molecule has 0 aromatic heterocycles. The molecule has 5 nitrogen and oxygen atoms in total. The molecule has 4 aromatic carbocycles. The van der Waals surface area contributed by atoms with Gasteiger partial charge >= 0.3 is 5.97 Å². The molecular weight excluding hydrogens is 352 g/mol. The Bertz CT molecular complexity index is 1240. The van der Waals surface area contributed by atoms with E-state index in [1.807, 2.05) is 66.7 Å². The minimum atomic E-state index is -0.664. The van der Waals surface area contributed by atoms with Crippen LogP contribution in [0.15, 0.2) is 95.7 Å². The van der Waals surface area contributed by atoms with Gasteiger partial charge < -0.3 is 9.84 Å². The summed E-state index contributed by atoms with van der Waals surface area (Å²) in [5.74, 6) is -0.907. The summed E-state index contributed by atoms with van der Waals surface area (Å²) in [5.41, 5.74) is 0.910. The highest BCUT2D eigenvalue weighted by atomic mass is 16.5. The van der Waals surface area contributed by atoms with Crippen LogP contribution in [-0.4, -0.2) is 11.1 Å². The van der Waals surface area contributed by atoms with Crippen LogP contribution in [0, 0.1) is 0 Å². The highest BCUT2D eigenvalue weighted by molar-refractivity contribution is 5.98. The largest absolute Gasteiger partial charge is 0.503 e. The van der Waals surface area contributed by atoms with E-state index in [2.05, 4.69) is 16.8 Å². The summed E-state index contributed by atoms with van der Waals surface area (Å²) in [7, 11) is 0. The number of carbonyl (C=O) groups excluding carboxylic acids is 1. The molecule has 0 aliphatic heterocycles. The lowest BCUT2D eigenvalue weighted by Gasteiger charge is -2.10. The Labute approximate surface area is 161 Å². The number of ether oxygens (including phenoxy) is 1. The molecule has 0 heterocycles. The summed E-state index contributed by atoms with van der Waals surface area (Å²) in [6, 6.07) is 22.5. The molecule has 0 saturated heterocycles. The number of aromatic hydroxyl groups is 1. The average molecular weight is 368 g/mol. The van der Waals surface area contributed by atoms with Gasteiger partial charge in [-0.3, -0.25) is 0 Å². The molecule has 5 heteroatoms. The van der Waals surface area contributed by atoms with Gasteiger partial charge in [0.25, 0.3) is 0 Å². The Hall–Kier alpha value is -3.99. The van der Waals surface area contributed by atoms with E-state index in [1.165, 1.54) is 0 Å². The number of rotatable bonds is 4. The molecule has 0 spiro atoms. The van der Waals surface area contributed by atoms with E-state index in [0.29, 0.717) is 11.1 Å². The number of hydrogen-bond acceptors (Lipinski definition) is 5. The Morgan fingerprint density at radius 1 is 0.893 bits per heavy atom. The maximum Gasteiger partial charge on any atom is 0.335 e. The van der Waals surface area contributed by atoms with Crippen molar-refractivity contribution in [1.29, 1.82) is 0 Å². The van der Waals surface area contributed by atoms with E-state index in [-0.39, 0.29) is 17.2 Å². The van der Waals surface area contributed by atoms with Crippen LogP contribution >= 0.6 is 0 Å². The normalized spacial score (nSPS) is 11.1. The van der Waals surface area contributed by atoms with E-state index in [1.54, 1.807) is 6.07 Å². The minimum absolute atomic E-state index is 0.00969. The van der Waals surface area contributed by atoms with E-state index in [4.69, 9.17) is 4.74 Å². The van der Waals surface area contributed by atoms with Gasteiger partial charge in [0.1, 0.15) is 5.69 Å². The van der Waals surface area contributed by atoms with Crippen molar-refractivity contribution in [3.05, 3.63) is 85.5 Å². The van der Waals surface area contributed by atoms with Gasteiger partial charge in [-0.25, -0.2) is 4.79 Å². The van der Waals surface area contributed by atoms with Crippen LogP contribution < -0.4 is 4.74 Å². The smallest absolute Gasteiger partial charge is 0.335 e. The standard InChI is InChI=1S/C23H16N2O3/c1-2-21(26)28-20-14-16-9-4-6-12-18(16)22(23(20)27)25-24-19-13-7-10-15-8-3-5-11-17(15)19/h2-14,27H,1H2/b25-24+. The molecule has 136 valence electrons. The highest BCUT2D eigenvalue weighted by Gasteiger charge is 2.15. The third-order valence-electron chi connectivity index (χ3n) is 4.36. The predicted molar refractivity (Wildman–Crippen MR) is 110 cm³/mol. The van der Waals surface area contributed by atoms with E-state index >= 15 is 0 Å². The SMILES string of the molecule is C=CC(=O)Oc1cc2ccccc2c(/N=N/c2cccc3ccccc23)c1O. The zero-order valence-corrected chi connectivity index (χ0v) is 14.9. The maximum absolute atomic E-state index is 11.6. The van der Waals surface area contributed by atoms with Crippen molar-refractivity contribution in [3.8, 4) is 11.5 Å². The lowest BCUT2D eigenvalue weighted by molar-refractivity contribution is -0.129. The first-order valence-corrected chi connectivity index (χ1v) is 8.66. The summed E-state index contributed by atoms with van der Waals surface area (Å²) >= 11 is 0. The van der Waals surface area contributed by atoms with Gasteiger partial charge in [-0.15, -0.1) is 10.2 Å². The second-order valence-corrected chi connectivity index (χ2v) is 6.12. The van der Waals surface area contributed by atoms with Gasteiger partial charge in [0.05, 0.1) is 5.69 Å². The van der Waals surface area contributed by atoms with Crippen LogP contribution in [0.3, 0.4) is 0 Å². The third kappa shape index (κ3) is 3.21. The number of carbonyl (C=O) groups is 1. The second-order valence-electron chi connectivity index (χ2n) is 6.12. The molecule has 0 atom stereocenters. The van der Waals surface area contributed by atoms with Crippen molar-refractivity contribution < 1.29 is 14.6 Å². The molecule has 0 amide bonds. The van der Waals surface area contributed by atoms with Crippen LogP contribution in [-0.2, 0) is 4.79 Å². The number of fused-ring (bicyclic) bond motifs is 2. The Morgan fingerprint density at radius 3 is 2.36 bits per heavy atom. The average Bonchev–Trinajstić information content (AvgIpc) is 2.73. The molecule has 0 aliphatic carbocycles. The Morgan fingerprint density at radius 2 is 1.57 bits per heavy atom. The van der Waals surface area contributed by atoms with E-state index in [9.17, 15) is 9.90 Å². The quantitative estimate of drug-likeness (QED) is 0.202. The first-order chi connectivity index (χ1) is 13.7. The van der Waals surface area contributed by atoms with Crippen LogP contribution in [0.4, 0.5) is 11.4 Å². The Kier molecular flexibility index (Phi) is 4.56. The second kappa shape index (κ2) is 7.32. The van der Waals surface area contributed by atoms with Crippen molar-refractivity contribution in [2.75, 3.05) is 0 Å². The molecule has 0 fully saturated rings. The summed E-state index contributed by atoms with van der Waals surface area (Å²) in [4.78, 5) is 11.6. The monoisotopic (exact) mass is 368 g/mol. The van der Waals surface area contributed by atoms with Gasteiger partial charge in [0.15, 0.2) is 11.5 Å². The fourth-order valence-electron chi connectivity index (χ4n) is 3.02. The van der Waals surface area contributed by atoms with Gasteiger partial charge in [-0.1, -0.05) is 67.2 Å². The maximum atomic E-state index is 11.6. The molecule has 28 heavy (non-hydrogen) atoms. The molecule has 0 bridgehead atoms. The van der Waals surface area contributed by atoms with Crippen molar-refractivity contribution in [2.24, 2.45) is 10.2 Å². The molecule has 4 rings (SSSR count). The topological polar surface area (TPSA) is 71.2 Å². The molecule has 0 unspecified atom stereocenters. The fourth-order valence-corrected chi connectivity index (χ4v) is 3.02. The number of esters is 1. The Balaban J connectivity index is 1.87. The zero-order valence-electron chi connectivity index (χ0n) is 14.9. The highest BCUT2D eigenvalue weighted by Crippen LogP contribution is 2.43. The van der Waals surface area contributed by atoms with Crippen molar-refractivity contribution >= 4 is 38.9 Å². The van der Waals surface area contributed by atoms with Crippen molar-refractivity contribution in [3.63, 3.8) is 0 Å². The van der Waals surface area contributed by atoms with Gasteiger partial charge in [0, 0.05) is 16.8 Å². The van der Waals surface area contributed by atoms with Crippen molar-refractivity contribution in [2.45, 2.75) is 0 Å². The number of azo groups is 1. The molecule has 4 aromatic rings. The van der Waals surface area contributed by atoms with E-state index in [0.717, 1.165) is 22.2 Å². The fraction of sp³-hybridized carbons (Fsp3) is 0. The summed E-state index contributed by atoms with van der Waals surface area (Å²) in [6.45, 7) is 3.38. The first-order valence-electron chi connectivity index (χ1n) is 8.66. The lowest BCUT2D eigenvalue weighted by atomic mass is 10.1. The summed E-state index contributed by atoms with van der Waals surface area (Å²) in [5, 5.41) is 22.8. The van der Waals surface area contributed by atoms with Gasteiger partial charge in [-0.05, 0) is 22.9 Å². The van der Waals surface area contributed by atoms with Gasteiger partial charge in [0.2, 0.25) is 0 Å². The van der Waals surface area contributed by atoms with Crippen LogP contribution in [0.2, 0.25) is 0 Å². The predicted octanol–water partition coefficient (Wildman–Crippen LogP) is 6.21. The van der Waals surface area contributed by atoms with Crippen LogP contribution in [0.5, 0.6) is 11.5 Å². The number of nitrogens with zero attached hydrogens (tertiary/aromatic N) is 2. The summed E-state index contributed by atoms with van der Waals surface area (Å²) < 4.78 is 5.16. The third-order valence-corrected chi connectivity index (χ3v) is 4.36. The number of phenols is 1. The van der Waals surface area contributed by atoms with Crippen LogP contribution in [0.1, 0.15) is 0 Å². The zero-order chi connectivity index (χ0) is 19.5. The molecule has 0 saturated carbocycles. The van der Waals surface area contributed by atoms with Crippen LogP contribution in [0.25, 0.3) is 21.5 Å². The molecular formula is C23H16N2O3. The first kappa shape index (κ1) is 17.4. The molecule has 0 aliphatic rings. The van der Waals surface area contributed by atoms with E-state index < -0.39 is 5.97 Å². The van der Waals surface area contributed by atoms with Crippen molar-refractivity contribution in [1.82, 2.24) is 0 Å². The molecule has 1 N–H and O–H groups in total. The lowest BCUT2D eigenvalue weighted by Crippen LogP contribution is -2.03. The van der Waals surface area contributed by atoms with Gasteiger partial charge in [-0.2, -0.15) is 0 Å². The number of benzene rings is 4. The minimum Gasteiger partial charge on any atom is -0.503 e. The number of hydrogen-bond donors (Lipinski definition) is 1. The summed E-state index contributed by atoms with van der Waals surface area (Å²) in [6.07, 6.45) is 1.03. The number of phenolic OH excluding ortho intramolecular Hbond substituents is 1. The molecule has 0 radical (unpaired) electrons.